The standard InChI is InChI=1S/C11H16Cl2N4O2/c1-17(18-2)8-9(12)15-11(13)16-10(8)14-7-3-5-19-6-4-7/h7H,3-6H2,1-2H3,(H,14,15,16). The van der Waals surface area contributed by atoms with E-state index >= 15 is 0 Å². The molecule has 0 bridgehead atoms. The van der Waals surface area contributed by atoms with Crippen LogP contribution >= 0.6 is 23.2 Å². The highest BCUT2D eigenvalue weighted by Crippen LogP contribution is 2.32. The van der Waals surface area contributed by atoms with Crippen LogP contribution in [-0.4, -0.2) is 43.4 Å². The number of hydroxylamine groups is 1. The molecule has 19 heavy (non-hydrogen) atoms. The Bertz CT molecular complexity index is 441. The molecule has 106 valence electrons. The van der Waals surface area contributed by atoms with Crippen LogP contribution in [0.15, 0.2) is 0 Å². The summed E-state index contributed by atoms with van der Waals surface area (Å²) in [6.45, 7) is 1.47. The van der Waals surface area contributed by atoms with Gasteiger partial charge in [-0.1, -0.05) is 11.6 Å². The maximum Gasteiger partial charge on any atom is 0.225 e. The van der Waals surface area contributed by atoms with Gasteiger partial charge in [-0.15, -0.1) is 0 Å². The third-order valence-electron chi connectivity index (χ3n) is 2.97. The van der Waals surface area contributed by atoms with Gasteiger partial charge >= 0.3 is 0 Å². The van der Waals surface area contributed by atoms with Gasteiger partial charge in [-0.05, 0) is 24.4 Å². The van der Waals surface area contributed by atoms with Crippen molar-refractivity contribution in [1.29, 1.82) is 0 Å². The van der Waals surface area contributed by atoms with Gasteiger partial charge in [0.05, 0.1) is 7.11 Å². The smallest absolute Gasteiger partial charge is 0.225 e. The van der Waals surface area contributed by atoms with E-state index < -0.39 is 0 Å². The Balaban J connectivity index is 2.26. The lowest BCUT2D eigenvalue weighted by Gasteiger charge is -2.26. The van der Waals surface area contributed by atoms with E-state index in [-0.39, 0.29) is 16.5 Å². The molecule has 2 heterocycles. The second-order valence-corrected chi connectivity index (χ2v) is 4.89. The van der Waals surface area contributed by atoms with E-state index in [9.17, 15) is 0 Å². The minimum Gasteiger partial charge on any atom is -0.381 e. The monoisotopic (exact) mass is 306 g/mol. The second-order valence-electron chi connectivity index (χ2n) is 4.19. The molecule has 1 aromatic heterocycles. The Kier molecular flexibility index (Phi) is 5.04. The molecule has 1 N–H and O–H groups in total. The van der Waals surface area contributed by atoms with Gasteiger partial charge in [0.15, 0.2) is 11.0 Å². The van der Waals surface area contributed by atoms with Crippen molar-refractivity contribution in [3.63, 3.8) is 0 Å². The summed E-state index contributed by atoms with van der Waals surface area (Å²) in [5, 5.41) is 5.18. The summed E-state index contributed by atoms with van der Waals surface area (Å²) >= 11 is 12.0. The quantitative estimate of drug-likeness (QED) is 0.523. The van der Waals surface area contributed by atoms with E-state index in [1.165, 1.54) is 5.06 Å². The molecule has 0 saturated carbocycles. The molecule has 0 aliphatic carbocycles. The van der Waals surface area contributed by atoms with Gasteiger partial charge < -0.3 is 10.1 Å². The number of hydrogen-bond acceptors (Lipinski definition) is 6. The molecule has 1 aliphatic rings. The molecule has 0 atom stereocenters. The SMILES string of the molecule is CON(C)c1c(Cl)nc(Cl)nc1NC1CCOCC1. The minimum absolute atomic E-state index is 0.104. The van der Waals surface area contributed by atoms with Crippen LogP contribution in [-0.2, 0) is 9.57 Å². The average molecular weight is 307 g/mol. The van der Waals surface area contributed by atoms with E-state index in [1.807, 2.05) is 0 Å². The number of aromatic nitrogens is 2. The lowest BCUT2D eigenvalue weighted by atomic mass is 10.1. The molecule has 0 aromatic carbocycles. The molecule has 0 radical (unpaired) electrons. The lowest BCUT2D eigenvalue weighted by Crippen LogP contribution is -2.29. The highest BCUT2D eigenvalue weighted by Gasteiger charge is 2.21. The van der Waals surface area contributed by atoms with E-state index in [1.54, 1.807) is 14.2 Å². The predicted octanol–water partition coefficient (Wildman–Crippen LogP) is 2.37. The van der Waals surface area contributed by atoms with Crippen molar-refractivity contribution in [1.82, 2.24) is 9.97 Å². The fourth-order valence-corrected chi connectivity index (χ4v) is 2.41. The van der Waals surface area contributed by atoms with E-state index in [0.717, 1.165) is 26.1 Å². The minimum atomic E-state index is 0.104. The number of anilines is 2. The van der Waals surface area contributed by atoms with E-state index in [2.05, 4.69) is 15.3 Å². The van der Waals surface area contributed by atoms with Crippen LogP contribution in [0.2, 0.25) is 10.4 Å². The van der Waals surface area contributed by atoms with Crippen LogP contribution in [0.4, 0.5) is 11.5 Å². The first-order valence-electron chi connectivity index (χ1n) is 5.97. The van der Waals surface area contributed by atoms with Crippen molar-refractivity contribution >= 4 is 34.7 Å². The normalized spacial score (nSPS) is 16.4. The van der Waals surface area contributed by atoms with E-state index in [0.29, 0.717) is 11.5 Å². The summed E-state index contributed by atoms with van der Waals surface area (Å²) in [5.74, 6) is 0.571. The van der Waals surface area contributed by atoms with Crippen molar-refractivity contribution in [2.75, 3.05) is 37.8 Å². The summed E-state index contributed by atoms with van der Waals surface area (Å²) in [4.78, 5) is 13.3. The summed E-state index contributed by atoms with van der Waals surface area (Å²) < 4.78 is 5.32. The zero-order valence-corrected chi connectivity index (χ0v) is 12.3. The van der Waals surface area contributed by atoms with Crippen molar-refractivity contribution in [3.8, 4) is 0 Å². The topological polar surface area (TPSA) is 59.5 Å². The van der Waals surface area contributed by atoms with Crippen LogP contribution in [0, 0.1) is 0 Å². The summed E-state index contributed by atoms with van der Waals surface area (Å²) in [6, 6.07) is 0.278. The lowest BCUT2D eigenvalue weighted by molar-refractivity contribution is 0.0903. The first-order chi connectivity index (χ1) is 9.11. The predicted molar refractivity (Wildman–Crippen MR) is 74.9 cm³/mol. The van der Waals surface area contributed by atoms with Gasteiger partial charge in [-0.3, -0.25) is 9.90 Å². The first kappa shape index (κ1) is 14.6. The Morgan fingerprint density at radius 2 is 2.00 bits per heavy atom. The van der Waals surface area contributed by atoms with Crippen LogP contribution in [0.3, 0.4) is 0 Å². The van der Waals surface area contributed by atoms with Crippen LogP contribution in [0.5, 0.6) is 0 Å². The number of nitrogens with one attached hydrogen (secondary N) is 1. The molecule has 1 aliphatic heterocycles. The van der Waals surface area contributed by atoms with Crippen molar-refractivity contribution in [2.45, 2.75) is 18.9 Å². The molecule has 0 spiro atoms. The molecule has 1 saturated heterocycles. The zero-order chi connectivity index (χ0) is 13.8. The van der Waals surface area contributed by atoms with Crippen molar-refractivity contribution in [2.24, 2.45) is 0 Å². The number of nitrogens with zero attached hydrogens (tertiary/aromatic N) is 3. The highest BCUT2D eigenvalue weighted by atomic mass is 35.5. The molecule has 0 amide bonds. The van der Waals surface area contributed by atoms with Gasteiger partial charge in [0, 0.05) is 26.3 Å². The number of hydrogen-bond donors (Lipinski definition) is 1. The second kappa shape index (κ2) is 6.56. The number of rotatable bonds is 4. The molecule has 1 fully saturated rings. The Hall–Kier alpha value is -0.820. The Morgan fingerprint density at radius 1 is 1.32 bits per heavy atom. The average Bonchev–Trinajstić information content (AvgIpc) is 2.38. The van der Waals surface area contributed by atoms with Gasteiger partial charge in [0.25, 0.3) is 0 Å². The largest absolute Gasteiger partial charge is 0.381 e. The van der Waals surface area contributed by atoms with E-state index in [4.69, 9.17) is 32.8 Å². The highest BCUT2D eigenvalue weighted by molar-refractivity contribution is 6.34. The van der Waals surface area contributed by atoms with Gasteiger partial charge in [0.2, 0.25) is 5.28 Å². The summed E-state index contributed by atoms with van der Waals surface area (Å²) in [6.07, 6.45) is 1.82. The zero-order valence-electron chi connectivity index (χ0n) is 10.8. The molecule has 8 heteroatoms. The number of ether oxygens (including phenoxy) is 1. The third kappa shape index (κ3) is 3.60. The third-order valence-corrected chi connectivity index (χ3v) is 3.40. The van der Waals surface area contributed by atoms with Gasteiger partial charge in [-0.2, -0.15) is 4.98 Å². The Labute approximate surface area is 122 Å². The first-order valence-corrected chi connectivity index (χ1v) is 6.72. The van der Waals surface area contributed by atoms with Crippen molar-refractivity contribution < 1.29 is 9.57 Å². The van der Waals surface area contributed by atoms with Gasteiger partial charge in [0.1, 0.15) is 5.69 Å². The maximum absolute atomic E-state index is 6.10. The number of halogens is 2. The fraction of sp³-hybridized carbons (Fsp3) is 0.636. The van der Waals surface area contributed by atoms with Crippen molar-refractivity contribution in [3.05, 3.63) is 10.4 Å². The Morgan fingerprint density at radius 3 is 2.63 bits per heavy atom. The van der Waals surface area contributed by atoms with Crippen LogP contribution in [0.25, 0.3) is 0 Å². The van der Waals surface area contributed by atoms with Gasteiger partial charge in [-0.25, -0.2) is 4.98 Å². The fourth-order valence-electron chi connectivity index (χ4n) is 1.91. The summed E-state index contributed by atoms with van der Waals surface area (Å²) in [5.41, 5.74) is 0.569. The maximum atomic E-state index is 6.10. The van der Waals surface area contributed by atoms with Crippen LogP contribution < -0.4 is 10.4 Å². The molecular formula is C11H16Cl2N4O2. The molecule has 2 rings (SSSR count). The molecule has 1 aromatic rings. The molecule has 6 nitrogen and oxygen atoms in total. The molecule has 0 unspecified atom stereocenters. The molecular weight excluding hydrogens is 291 g/mol. The van der Waals surface area contributed by atoms with Crippen LogP contribution in [0.1, 0.15) is 12.8 Å². The summed E-state index contributed by atoms with van der Waals surface area (Å²) in [7, 11) is 3.27.